The van der Waals surface area contributed by atoms with Crippen LogP contribution in [0.2, 0.25) is 0 Å². The van der Waals surface area contributed by atoms with Crippen LogP contribution in [0.3, 0.4) is 0 Å². The number of hydrogen-bond acceptors (Lipinski definition) is 3. The van der Waals surface area contributed by atoms with E-state index in [-0.39, 0.29) is 12.1 Å². The van der Waals surface area contributed by atoms with Crippen molar-refractivity contribution in [1.82, 2.24) is 0 Å². The Hall–Kier alpha value is -1.35. The molecule has 0 heterocycles. The van der Waals surface area contributed by atoms with Gasteiger partial charge in [0.25, 0.3) is 0 Å². The molecular formula is C15H24O3. The summed E-state index contributed by atoms with van der Waals surface area (Å²) in [4.78, 5) is 11.0. The molecule has 1 atom stereocenters. The van der Waals surface area contributed by atoms with E-state index in [2.05, 4.69) is 6.58 Å². The molecule has 0 aromatic carbocycles. The highest BCUT2D eigenvalue weighted by atomic mass is 16.5. The minimum absolute atomic E-state index is 0.0878. The zero-order valence-corrected chi connectivity index (χ0v) is 11.6. The van der Waals surface area contributed by atoms with E-state index < -0.39 is 0 Å². The molecule has 3 heteroatoms. The SMILES string of the molecule is C=C/C=C\C(=C/C)COCCC(C)OC(=O)CC. The van der Waals surface area contributed by atoms with Gasteiger partial charge in [-0.15, -0.1) is 0 Å². The number of ether oxygens (including phenoxy) is 2. The first-order valence-electron chi connectivity index (χ1n) is 6.35. The maximum absolute atomic E-state index is 11.0. The second-order valence-electron chi connectivity index (χ2n) is 3.95. The number of allylic oxidation sites excluding steroid dienone is 3. The molecule has 18 heavy (non-hydrogen) atoms. The molecule has 0 N–H and O–H groups in total. The standard InChI is InChI=1S/C15H24O3/c1-5-8-9-14(6-2)12-17-11-10-13(4)18-15(16)7-3/h5-6,8-9,13H,1,7,10-12H2,2-4H3/b9-8-,14-6+. The molecule has 102 valence electrons. The zero-order chi connectivity index (χ0) is 13.8. The summed E-state index contributed by atoms with van der Waals surface area (Å²) in [6.07, 6.45) is 8.62. The van der Waals surface area contributed by atoms with Gasteiger partial charge in [0.1, 0.15) is 6.10 Å². The number of carbonyl (C=O) groups is 1. The summed E-state index contributed by atoms with van der Waals surface area (Å²) >= 11 is 0. The van der Waals surface area contributed by atoms with Crippen molar-refractivity contribution in [2.24, 2.45) is 0 Å². The number of esters is 1. The summed E-state index contributed by atoms with van der Waals surface area (Å²) in [5, 5.41) is 0. The molecule has 3 nitrogen and oxygen atoms in total. The van der Waals surface area contributed by atoms with Crippen molar-refractivity contribution in [2.45, 2.75) is 39.7 Å². The summed E-state index contributed by atoms with van der Waals surface area (Å²) < 4.78 is 10.7. The van der Waals surface area contributed by atoms with Gasteiger partial charge in [-0.05, 0) is 19.4 Å². The Morgan fingerprint density at radius 3 is 2.72 bits per heavy atom. The lowest BCUT2D eigenvalue weighted by Crippen LogP contribution is -2.16. The van der Waals surface area contributed by atoms with Crippen molar-refractivity contribution in [2.75, 3.05) is 13.2 Å². The predicted molar refractivity (Wildman–Crippen MR) is 74.4 cm³/mol. The molecule has 0 saturated heterocycles. The van der Waals surface area contributed by atoms with Crippen LogP contribution >= 0.6 is 0 Å². The van der Waals surface area contributed by atoms with Gasteiger partial charge in [-0.1, -0.05) is 37.8 Å². The van der Waals surface area contributed by atoms with Crippen LogP contribution < -0.4 is 0 Å². The fraction of sp³-hybridized carbons (Fsp3) is 0.533. The molecule has 0 aliphatic rings. The van der Waals surface area contributed by atoms with Gasteiger partial charge in [0, 0.05) is 12.8 Å². The molecule has 0 aromatic heterocycles. The second-order valence-corrected chi connectivity index (χ2v) is 3.95. The van der Waals surface area contributed by atoms with Crippen LogP contribution in [0.15, 0.2) is 36.5 Å². The predicted octanol–water partition coefficient (Wildman–Crippen LogP) is 3.42. The van der Waals surface area contributed by atoms with Crippen LogP contribution in [0.1, 0.15) is 33.6 Å². The molecule has 1 unspecified atom stereocenters. The van der Waals surface area contributed by atoms with Gasteiger partial charge >= 0.3 is 5.97 Å². The Bertz CT molecular complexity index is 303. The number of carbonyl (C=O) groups excluding carboxylic acids is 1. The van der Waals surface area contributed by atoms with E-state index in [1.165, 1.54) is 0 Å². The van der Waals surface area contributed by atoms with Crippen molar-refractivity contribution in [1.29, 1.82) is 0 Å². The third-order valence-electron chi connectivity index (χ3n) is 2.38. The van der Waals surface area contributed by atoms with E-state index in [1.807, 2.05) is 32.1 Å². The fourth-order valence-corrected chi connectivity index (χ4v) is 1.23. The lowest BCUT2D eigenvalue weighted by Gasteiger charge is -2.12. The maximum Gasteiger partial charge on any atom is 0.305 e. The molecule has 0 aromatic rings. The first-order valence-corrected chi connectivity index (χ1v) is 6.35. The lowest BCUT2D eigenvalue weighted by atomic mass is 10.2. The molecule has 0 fully saturated rings. The van der Waals surface area contributed by atoms with Crippen LogP contribution in [0, 0.1) is 0 Å². The van der Waals surface area contributed by atoms with Crippen molar-refractivity contribution in [3.8, 4) is 0 Å². The average molecular weight is 252 g/mol. The van der Waals surface area contributed by atoms with Crippen molar-refractivity contribution in [3.63, 3.8) is 0 Å². The Labute approximate surface area is 110 Å². The highest BCUT2D eigenvalue weighted by Gasteiger charge is 2.06. The third kappa shape index (κ3) is 8.76. The van der Waals surface area contributed by atoms with Crippen LogP contribution in [0.25, 0.3) is 0 Å². The summed E-state index contributed by atoms with van der Waals surface area (Å²) in [6, 6.07) is 0. The normalized spacial score (nSPS) is 13.6. The van der Waals surface area contributed by atoms with E-state index in [0.29, 0.717) is 26.1 Å². The fourth-order valence-electron chi connectivity index (χ4n) is 1.23. The molecule has 0 rings (SSSR count). The van der Waals surface area contributed by atoms with E-state index in [9.17, 15) is 4.79 Å². The van der Waals surface area contributed by atoms with Gasteiger partial charge in [0.15, 0.2) is 0 Å². The van der Waals surface area contributed by atoms with Crippen LogP contribution in [-0.2, 0) is 14.3 Å². The maximum atomic E-state index is 11.0. The summed E-state index contributed by atoms with van der Waals surface area (Å²) in [6.45, 7) is 10.4. The van der Waals surface area contributed by atoms with E-state index >= 15 is 0 Å². The van der Waals surface area contributed by atoms with Crippen LogP contribution in [-0.4, -0.2) is 25.3 Å². The van der Waals surface area contributed by atoms with Crippen LogP contribution in [0.4, 0.5) is 0 Å². The first kappa shape index (κ1) is 16.6. The Morgan fingerprint density at radius 2 is 2.17 bits per heavy atom. The van der Waals surface area contributed by atoms with Crippen molar-refractivity contribution >= 4 is 5.97 Å². The first-order chi connectivity index (χ1) is 8.63. The largest absolute Gasteiger partial charge is 0.463 e. The minimum Gasteiger partial charge on any atom is -0.463 e. The van der Waals surface area contributed by atoms with Crippen LogP contribution in [0.5, 0.6) is 0 Å². The van der Waals surface area contributed by atoms with E-state index in [0.717, 1.165) is 5.57 Å². The molecule has 0 saturated carbocycles. The molecule has 0 amide bonds. The van der Waals surface area contributed by atoms with Crippen molar-refractivity contribution < 1.29 is 14.3 Å². The molecule has 0 radical (unpaired) electrons. The Kier molecular flexibility index (Phi) is 9.97. The Morgan fingerprint density at radius 1 is 1.44 bits per heavy atom. The molecule has 0 aliphatic carbocycles. The van der Waals surface area contributed by atoms with Gasteiger partial charge in [0.2, 0.25) is 0 Å². The molecule has 0 bridgehead atoms. The quantitative estimate of drug-likeness (QED) is 0.358. The van der Waals surface area contributed by atoms with Gasteiger partial charge in [-0.25, -0.2) is 0 Å². The Balaban J connectivity index is 3.75. The van der Waals surface area contributed by atoms with Gasteiger partial charge in [0.05, 0.1) is 13.2 Å². The molecule has 0 aliphatic heterocycles. The highest BCUT2D eigenvalue weighted by molar-refractivity contribution is 5.69. The second kappa shape index (κ2) is 10.8. The average Bonchev–Trinajstić information content (AvgIpc) is 2.37. The smallest absolute Gasteiger partial charge is 0.305 e. The van der Waals surface area contributed by atoms with Gasteiger partial charge in [-0.2, -0.15) is 0 Å². The van der Waals surface area contributed by atoms with Gasteiger partial charge < -0.3 is 9.47 Å². The van der Waals surface area contributed by atoms with Crippen molar-refractivity contribution in [3.05, 3.63) is 36.5 Å². The summed E-state index contributed by atoms with van der Waals surface area (Å²) in [7, 11) is 0. The van der Waals surface area contributed by atoms with Gasteiger partial charge in [-0.3, -0.25) is 4.79 Å². The highest BCUT2D eigenvalue weighted by Crippen LogP contribution is 2.03. The zero-order valence-electron chi connectivity index (χ0n) is 11.6. The topological polar surface area (TPSA) is 35.5 Å². The minimum atomic E-state index is -0.162. The molecular weight excluding hydrogens is 228 g/mol. The van der Waals surface area contributed by atoms with E-state index in [1.54, 1.807) is 13.0 Å². The monoisotopic (exact) mass is 252 g/mol. The number of hydrogen-bond donors (Lipinski definition) is 0. The molecule has 0 spiro atoms. The number of rotatable bonds is 9. The summed E-state index contributed by atoms with van der Waals surface area (Å²) in [5.41, 5.74) is 1.10. The van der Waals surface area contributed by atoms with E-state index in [4.69, 9.17) is 9.47 Å². The third-order valence-corrected chi connectivity index (χ3v) is 2.38. The lowest BCUT2D eigenvalue weighted by molar-refractivity contribution is -0.148. The summed E-state index contributed by atoms with van der Waals surface area (Å²) in [5.74, 6) is -0.162.